The molecule has 2 amide bonds. The number of carboxylic acid groups (broad SMARTS) is 1. The van der Waals surface area contributed by atoms with E-state index in [9.17, 15) is 9.59 Å². The van der Waals surface area contributed by atoms with Gasteiger partial charge >= 0.3 is 6.09 Å². The first-order valence-corrected chi connectivity index (χ1v) is 11.7. The van der Waals surface area contributed by atoms with Crippen molar-refractivity contribution >= 4 is 23.3 Å². The van der Waals surface area contributed by atoms with E-state index in [0.29, 0.717) is 29.4 Å². The summed E-state index contributed by atoms with van der Waals surface area (Å²) < 4.78 is 7.65. The van der Waals surface area contributed by atoms with Crippen molar-refractivity contribution in [2.45, 2.75) is 19.9 Å². The molecule has 1 aliphatic heterocycles. The Hall–Kier alpha value is -3.63. The summed E-state index contributed by atoms with van der Waals surface area (Å²) in [6.07, 6.45) is 2.22. The fraction of sp³-hybridized carbons (Fsp3) is 0.400. The Labute approximate surface area is 204 Å². The molecule has 1 saturated heterocycles. The van der Waals surface area contributed by atoms with Crippen LogP contribution in [0.25, 0.3) is 5.65 Å². The second-order valence-electron chi connectivity index (χ2n) is 8.93. The predicted molar refractivity (Wildman–Crippen MR) is 133 cm³/mol. The van der Waals surface area contributed by atoms with Crippen LogP contribution in [0.4, 0.5) is 10.5 Å². The molecule has 10 heteroatoms. The lowest BCUT2D eigenvalue weighted by Gasteiger charge is -2.32. The average molecular weight is 481 g/mol. The van der Waals surface area contributed by atoms with E-state index in [2.05, 4.69) is 32.5 Å². The molecule has 186 valence electrons. The van der Waals surface area contributed by atoms with E-state index < -0.39 is 12.1 Å². The van der Waals surface area contributed by atoms with E-state index in [1.807, 2.05) is 31.2 Å². The number of piperazine rings is 1. The van der Waals surface area contributed by atoms with Gasteiger partial charge in [-0.1, -0.05) is 12.1 Å². The molecule has 10 nitrogen and oxygen atoms in total. The third-order valence-electron chi connectivity index (χ3n) is 6.34. The number of benzene rings is 1. The van der Waals surface area contributed by atoms with Crippen LogP contribution in [0.15, 0.2) is 42.7 Å². The molecule has 0 radical (unpaired) electrons. The molecule has 1 aromatic carbocycles. The van der Waals surface area contributed by atoms with Crippen LogP contribution >= 0.6 is 0 Å². The van der Waals surface area contributed by atoms with Crippen LogP contribution < -0.4 is 15.4 Å². The van der Waals surface area contributed by atoms with Crippen molar-refractivity contribution in [3.63, 3.8) is 0 Å². The van der Waals surface area contributed by atoms with Gasteiger partial charge in [-0.15, -0.1) is 0 Å². The van der Waals surface area contributed by atoms with Crippen molar-refractivity contribution < 1.29 is 19.4 Å². The molecule has 0 saturated carbocycles. The Bertz CT molecular complexity index is 1200. The van der Waals surface area contributed by atoms with Gasteiger partial charge in [-0.05, 0) is 44.2 Å². The first-order chi connectivity index (χ1) is 16.8. The summed E-state index contributed by atoms with van der Waals surface area (Å²) in [5.41, 5.74) is 3.26. The van der Waals surface area contributed by atoms with Crippen LogP contribution in [0.3, 0.4) is 0 Å². The second kappa shape index (κ2) is 10.7. The van der Waals surface area contributed by atoms with E-state index in [-0.39, 0.29) is 5.91 Å². The highest BCUT2D eigenvalue weighted by atomic mass is 16.5. The maximum Gasteiger partial charge on any atom is 0.405 e. The number of fused-ring (bicyclic) bond motifs is 1. The molecule has 3 N–H and O–H groups in total. The summed E-state index contributed by atoms with van der Waals surface area (Å²) >= 11 is 0. The highest BCUT2D eigenvalue weighted by molar-refractivity contribution is 6.04. The third kappa shape index (κ3) is 6.09. The van der Waals surface area contributed by atoms with Gasteiger partial charge in [-0.25, -0.2) is 9.78 Å². The topological polar surface area (TPSA) is 111 Å². The molecule has 3 heterocycles. The smallest absolute Gasteiger partial charge is 0.405 e. The largest absolute Gasteiger partial charge is 0.492 e. The maximum absolute atomic E-state index is 13.0. The average Bonchev–Trinajstić information content (AvgIpc) is 3.25. The monoisotopic (exact) mass is 480 g/mol. The number of hydrogen-bond acceptors (Lipinski definition) is 6. The molecule has 1 fully saturated rings. The number of carbonyl (C=O) groups excluding carboxylic acids is 1. The van der Waals surface area contributed by atoms with Gasteiger partial charge in [0, 0.05) is 50.7 Å². The number of nitrogens with zero attached hydrogens (tertiary/aromatic N) is 4. The number of aromatic nitrogens is 2. The van der Waals surface area contributed by atoms with Crippen LogP contribution in [-0.4, -0.2) is 82.7 Å². The molecule has 1 atom stereocenters. The zero-order valence-electron chi connectivity index (χ0n) is 20.3. The second-order valence-corrected chi connectivity index (χ2v) is 8.93. The lowest BCUT2D eigenvalue weighted by atomic mass is 10.0. The van der Waals surface area contributed by atoms with Crippen LogP contribution in [0.2, 0.25) is 0 Å². The highest BCUT2D eigenvalue weighted by Crippen LogP contribution is 2.23. The molecule has 0 spiro atoms. The number of hydrogen-bond donors (Lipinski definition) is 3. The van der Waals surface area contributed by atoms with Gasteiger partial charge in [0.05, 0.1) is 12.2 Å². The lowest BCUT2D eigenvalue weighted by molar-refractivity contribution is 0.102. The van der Waals surface area contributed by atoms with E-state index in [1.165, 1.54) is 6.20 Å². The molecule has 0 bridgehead atoms. The van der Waals surface area contributed by atoms with Crippen LogP contribution in [0, 0.1) is 6.92 Å². The van der Waals surface area contributed by atoms with Gasteiger partial charge in [0.25, 0.3) is 5.91 Å². The molecule has 4 rings (SSSR count). The first kappa shape index (κ1) is 24.5. The minimum atomic E-state index is -1.10. The van der Waals surface area contributed by atoms with E-state index >= 15 is 0 Å². The molecule has 3 aromatic rings. The Morgan fingerprint density at radius 2 is 1.94 bits per heavy atom. The minimum absolute atomic E-state index is 0.305. The van der Waals surface area contributed by atoms with Crippen molar-refractivity contribution in [2.75, 3.05) is 51.7 Å². The van der Waals surface area contributed by atoms with Crippen molar-refractivity contribution in [1.82, 2.24) is 24.5 Å². The van der Waals surface area contributed by atoms with Crippen molar-refractivity contribution in [1.29, 1.82) is 0 Å². The Balaban J connectivity index is 1.40. The number of pyridine rings is 1. The van der Waals surface area contributed by atoms with Crippen LogP contribution in [0.1, 0.15) is 34.6 Å². The number of likely N-dealkylation sites (N-methyl/N-ethyl adjacent to an activating group) is 1. The number of nitrogens with one attached hydrogen (secondary N) is 2. The number of imidazole rings is 1. The van der Waals surface area contributed by atoms with E-state index in [4.69, 9.17) is 9.84 Å². The summed E-state index contributed by atoms with van der Waals surface area (Å²) in [4.78, 5) is 33.1. The molecule has 1 aliphatic rings. The third-order valence-corrected chi connectivity index (χ3v) is 6.34. The SMILES string of the molecule is Cc1ccc([C@H](C)NC(=O)O)cc1NC(=O)c1cnc2cc(OCCN3CCN(C)CC3)ccn12. The molecular formula is C25H32N6O4. The quantitative estimate of drug-likeness (QED) is 0.455. The van der Waals surface area contributed by atoms with Crippen molar-refractivity contribution in [2.24, 2.45) is 0 Å². The Morgan fingerprint density at radius 3 is 2.69 bits per heavy atom. The fourth-order valence-electron chi connectivity index (χ4n) is 4.08. The summed E-state index contributed by atoms with van der Waals surface area (Å²) in [6, 6.07) is 8.72. The van der Waals surface area contributed by atoms with Gasteiger partial charge < -0.3 is 25.4 Å². The predicted octanol–water partition coefficient (Wildman–Crippen LogP) is 2.85. The molecule has 2 aromatic heterocycles. The summed E-state index contributed by atoms with van der Waals surface area (Å²) in [6.45, 7) is 9.36. The Morgan fingerprint density at radius 1 is 1.17 bits per heavy atom. The number of carbonyl (C=O) groups is 2. The summed E-state index contributed by atoms with van der Waals surface area (Å²) in [7, 11) is 2.14. The fourth-order valence-corrected chi connectivity index (χ4v) is 4.08. The Kier molecular flexibility index (Phi) is 7.52. The van der Waals surface area contributed by atoms with Crippen molar-refractivity contribution in [3.05, 3.63) is 59.5 Å². The van der Waals surface area contributed by atoms with Gasteiger partial charge in [0.2, 0.25) is 0 Å². The summed E-state index contributed by atoms with van der Waals surface area (Å²) in [5, 5.41) is 14.3. The summed E-state index contributed by atoms with van der Waals surface area (Å²) in [5.74, 6) is 0.410. The zero-order valence-corrected chi connectivity index (χ0v) is 20.3. The molecule has 0 aliphatic carbocycles. The van der Waals surface area contributed by atoms with Crippen LogP contribution in [0.5, 0.6) is 5.75 Å². The van der Waals surface area contributed by atoms with Gasteiger partial charge in [-0.2, -0.15) is 0 Å². The van der Waals surface area contributed by atoms with Crippen LogP contribution in [-0.2, 0) is 0 Å². The number of ether oxygens (including phenoxy) is 1. The molecule has 0 unspecified atom stereocenters. The maximum atomic E-state index is 13.0. The molecular weight excluding hydrogens is 448 g/mol. The van der Waals surface area contributed by atoms with Crippen molar-refractivity contribution in [3.8, 4) is 5.75 Å². The molecule has 35 heavy (non-hydrogen) atoms. The zero-order chi connectivity index (χ0) is 24.9. The van der Waals surface area contributed by atoms with E-state index in [0.717, 1.165) is 43.9 Å². The number of anilines is 1. The normalized spacial score (nSPS) is 15.6. The number of amides is 2. The number of rotatable bonds is 8. The van der Waals surface area contributed by atoms with Gasteiger partial charge in [-0.3, -0.25) is 14.1 Å². The van der Waals surface area contributed by atoms with Gasteiger partial charge in [0.1, 0.15) is 23.7 Å². The van der Waals surface area contributed by atoms with Gasteiger partial charge in [0.15, 0.2) is 0 Å². The lowest BCUT2D eigenvalue weighted by Crippen LogP contribution is -2.45. The minimum Gasteiger partial charge on any atom is -0.492 e. The highest BCUT2D eigenvalue weighted by Gasteiger charge is 2.17. The standard InChI is InChI=1S/C25H32N6O4/c1-17-4-5-19(18(2)27-25(33)34)14-21(17)28-24(32)22-16-26-23-15-20(6-7-31(22)23)35-13-12-30-10-8-29(3)9-11-30/h4-7,14-16,18,27H,8-13H2,1-3H3,(H,28,32)(H,33,34)/t18-/m0/s1. The first-order valence-electron chi connectivity index (χ1n) is 11.7. The number of aryl methyl sites for hydroxylation is 1. The van der Waals surface area contributed by atoms with E-state index in [1.54, 1.807) is 23.6 Å².